The van der Waals surface area contributed by atoms with Crippen LogP contribution >= 0.6 is 11.6 Å². The van der Waals surface area contributed by atoms with Crippen molar-refractivity contribution in [2.75, 3.05) is 0 Å². The van der Waals surface area contributed by atoms with Gasteiger partial charge in [-0.25, -0.2) is 4.98 Å². The summed E-state index contributed by atoms with van der Waals surface area (Å²) in [7, 11) is 0. The molecule has 0 spiro atoms. The summed E-state index contributed by atoms with van der Waals surface area (Å²) in [6.45, 7) is 4.35. The number of hydrogen-bond donors (Lipinski definition) is 0. The third-order valence-corrected chi connectivity index (χ3v) is 2.66. The minimum Gasteiger partial charge on any atom is -0.259 e. The fourth-order valence-electron chi connectivity index (χ4n) is 1.52. The molecule has 0 bridgehead atoms. The summed E-state index contributed by atoms with van der Waals surface area (Å²) in [6, 6.07) is 8.33. The van der Waals surface area contributed by atoms with Gasteiger partial charge in [0.05, 0.1) is 18.1 Å². The van der Waals surface area contributed by atoms with Crippen LogP contribution in [0.5, 0.6) is 0 Å². The second-order valence-electron chi connectivity index (χ2n) is 4.00. The average molecular weight is 233 g/mol. The largest absolute Gasteiger partial charge is 0.259 e. The van der Waals surface area contributed by atoms with Crippen molar-refractivity contribution in [2.24, 2.45) is 0 Å². The maximum absolute atomic E-state index is 5.80. The van der Waals surface area contributed by atoms with E-state index in [9.17, 15) is 0 Å². The lowest BCUT2D eigenvalue weighted by Gasteiger charge is -2.06. The van der Waals surface area contributed by atoms with Gasteiger partial charge in [0, 0.05) is 5.56 Å². The molecule has 0 radical (unpaired) electrons. The van der Waals surface area contributed by atoms with Crippen molar-refractivity contribution >= 4 is 11.6 Å². The summed E-state index contributed by atoms with van der Waals surface area (Å²) in [5.74, 6) is 0.541. The number of rotatable bonds is 2. The van der Waals surface area contributed by atoms with Gasteiger partial charge in [-0.1, -0.05) is 49.7 Å². The highest BCUT2D eigenvalue weighted by atomic mass is 35.5. The van der Waals surface area contributed by atoms with Crippen LogP contribution in [0.4, 0.5) is 0 Å². The fourth-order valence-corrected chi connectivity index (χ4v) is 1.67. The summed E-state index contributed by atoms with van der Waals surface area (Å²) < 4.78 is 0. The minimum absolute atomic E-state index is 0.422. The van der Waals surface area contributed by atoms with E-state index in [0.29, 0.717) is 11.1 Å². The molecule has 0 aliphatic rings. The number of benzene rings is 1. The molecule has 0 saturated carbocycles. The van der Waals surface area contributed by atoms with E-state index < -0.39 is 0 Å². The SMILES string of the molecule is CC(C)c1ccc(-c2cncc(Cl)n2)cc1. The van der Waals surface area contributed by atoms with Crippen LogP contribution in [-0.4, -0.2) is 9.97 Å². The van der Waals surface area contributed by atoms with Crippen molar-refractivity contribution in [1.82, 2.24) is 9.97 Å². The summed E-state index contributed by atoms with van der Waals surface area (Å²) in [6.07, 6.45) is 3.25. The zero-order chi connectivity index (χ0) is 11.5. The predicted octanol–water partition coefficient (Wildman–Crippen LogP) is 3.92. The Morgan fingerprint density at radius 1 is 1.06 bits per heavy atom. The quantitative estimate of drug-likeness (QED) is 0.784. The lowest BCUT2D eigenvalue weighted by molar-refractivity contribution is 0.867. The van der Waals surface area contributed by atoms with Gasteiger partial charge in [0.1, 0.15) is 5.15 Å². The summed E-state index contributed by atoms with van der Waals surface area (Å²) in [5, 5.41) is 0.422. The molecule has 0 aliphatic heterocycles. The van der Waals surface area contributed by atoms with Gasteiger partial charge in [-0.2, -0.15) is 0 Å². The van der Waals surface area contributed by atoms with E-state index >= 15 is 0 Å². The molecule has 0 N–H and O–H groups in total. The summed E-state index contributed by atoms with van der Waals surface area (Å²) >= 11 is 5.80. The highest BCUT2D eigenvalue weighted by Crippen LogP contribution is 2.21. The Labute approximate surface area is 100 Å². The van der Waals surface area contributed by atoms with Crippen LogP contribution in [0, 0.1) is 0 Å². The van der Waals surface area contributed by atoms with Crippen molar-refractivity contribution < 1.29 is 0 Å². The van der Waals surface area contributed by atoms with Crippen molar-refractivity contribution in [3.63, 3.8) is 0 Å². The molecule has 2 rings (SSSR count). The van der Waals surface area contributed by atoms with Gasteiger partial charge >= 0.3 is 0 Å². The molecular formula is C13H13ClN2. The van der Waals surface area contributed by atoms with E-state index in [-0.39, 0.29) is 0 Å². The highest BCUT2D eigenvalue weighted by molar-refractivity contribution is 6.29. The molecule has 3 heteroatoms. The maximum atomic E-state index is 5.80. The first kappa shape index (κ1) is 11.1. The van der Waals surface area contributed by atoms with Crippen LogP contribution in [0.1, 0.15) is 25.3 Å². The normalized spacial score (nSPS) is 10.8. The Bertz CT molecular complexity index is 478. The van der Waals surface area contributed by atoms with E-state index in [4.69, 9.17) is 11.6 Å². The van der Waals surface area contributed by atoms with Crippen molar-refractivity contribution in [3.8, 4) is 11.3 Å². The summed E-state index contributed by atoms with van der Waals surface area (Å²) in [5.41, 5.74) is 3.17. The van der Waals surface area contributed by atoms with E-state index in [1.807, 2.05) is 0 Å². The Balaban J connectivity index is 2.35. The Morgan fingerprint density at radius 3 is 2.31 bits per heavy atom. The van der Waals surface area contributed by atoms with Gasteiger partial charge in [0.25, 0.3) is 0 Å². The van der Waals surface area contributed by atoms with Gasteiger partial charge < -0.3 is 0 Å². The van der Waals surface area contributed by atoms with Gasteiger partial charge in [0.2, 0.25) is 0 Å². The molecule has 0 saturated heterocycles. The van der Waals surface area contributed by atoms with Crippen molar-refractivity contribution in [2.45, 2.75) is 19.8 Å². The second kappa shape index (κ2) is 4.62. The lowest BCUT2D eigenvalue weighted by Crippen LogP contribution is -1.89. The number of hydrogen-bond acceptors (Lipinski definition) is 2. The molecule has 0 fully saturated rings. The molecule has 2 aromatic rings. The van der Waals surface area contributed by atoms with Crippen LogP contribution in [-0.2, 0) is 0 Å². The van der Waals surface area contributed by atoms with E-state index in [1.165, 1.54) is 11.8 Å². The Morgan fingerprint density at radius 2 is 1.75 bits per heavy atom. The van der Waals surface area contributed by atoms with Crippen LogP contribution in [0.2, 0.25) is 5.15 Å². The maximum Gasteiger partial charge on any atom is 0.148 e. The fraction of sp³-hybridized carbons (Fsp3) is 0.231. The Hall–Kier alpha value is -1.41. The topological polar surface area (TPSA) is 25.8 Å². The molecule has 1 aromatic carbocycles. The van der Waals surface area contributed by atoms with Crippen LogP contribution in [0.3, 0.4) is 0 Å². The monoisotopic (exact) mass is 232 g/mol. The standard InChI is InChI=1S/C13H13ClN2/c1-9(2)10-3-5-11(6-4-10)12-7-15-8-13(14)16-12/h3-9H,1-2H3. The van der Waals surface area contributed by atoms with Crippen LogP contribution in [0.25, 0.3) is 11.3 Å². The van der Waals surface area contributed by atoms with Gasteiger partial charge in [-0.05, 0) is 11.5 Å². The minimum atomic E-state index is 0.422. The zero-order valence-corrected chi connectivity index (χ0v) is 10.1. The smallest absolute Gasteiger partial charge is 0.148 e. The molecular weight excluding hydrogens is 220 g/mol. The van der Waals surface area contributed by atoms with Gasteiger partial charge in [0.15, 0.2) is 0 Å². The first-order chi connectivity index (χ1) is 7.66. The average Bonchev–Trinajstić information content (AvgIpc) is 2.29. The van der Waals surface area contributed by atoms with Crippen molar-refractivity contribution in [1.29, 1.82) is 0 Å². The summed E-state index contributed by atoms with van der Waals surface area (Å²) in [4.78, 5) is 8.24. The van der Waals surface area contributed by atoms with Gasteiger partial charge in [-0.15, -0.1) is 0 Å². The number of aromatic nitrogens is 2. The highest BCUT2D eigenvalue weighted by Gasteiger charge is 2.02. The predicted molar refractivity (Wildman–Crippen MR) is 66.6 cm³/mol. The molecule has 0 atom stereocenters. The number of halogens is 1. The molecule has 0 amide bonds. The molecule has 1 aromatic heterocycles. The van der Waals surface area contributed by atoms with Crippen molar-refractivity contribution in [3.05, 3.63) is 47.4 Å². The van der Waals surface area contributed by atoms with Crippen LogP contribution in [0.15, 0.2) is 36.7 Å². The first-order valence-electron chi connectivity index (χ1n) is 5.24. The molecule has 82 valence electrons. The Kier molecular flexibility index (Phi) is 3.20. The molecule has 0 unspecified atom stereocenters. The lowest BCUT2D eigenvalue weighted by atomic mass is 10.0. The second-order valence-corrected chi connectivity index (χ2v) is 4.39. The molecule has 2 nitrogen and oxygen atoms in total. The third-order valence-electron chi connectivity index (χ3n) is 2.48. The van der Waals surface area contributed by atoms with E-state index in [1.54, 1.807) is 6.20 Å². The molecule has 0 aliphatic carbocycles. The first-order valence-corrected chi connectivity index (χ1v) is 5.62. The van der Waals surface area contributed by atoms with Gasteiger partial charge in [-0.3, -0.25) is 4.98 Å². The molecule has 1 heterocycles. The van der Waals surface area contributed by atoms with Crippen LogP contribution < -0.4 is 0 Å². The third kappa shape index (κ3) is 2.39. The van der Waals surface area contributed by atoms with E-state index in [2.05, 4.69) is 48.1 Å². The molecule has 16 heavy (non-hydrogen) atoms. The zero-order valence-electron chi connectivity index (χ0n) is 9.31. The van der Waals surface area contributed by atoms with E-state index in [0.717, 1.165) is 11.3 Å². The number of nitrogens with zero attached hydrogens (tertiary/aromatic N) is 2.